The van der Waals surface area contributed by atoms with Crippen LogP contribution in [0.1, 0.15) is 157 Å². The number of hydrogen-bond donors (Lipinski definition) is 35. The number of aliphatic hydroxyl groups is 25. The van der Waals surface area contributed by atoms with Crippen molar-refractivity contribution in [2.24, 2.45) is 0 Å². The van der Waals surface area contributed by atoms with Crippen LogP contribution >= 0.6 is 0 Å². The maximum Gasteiger partial charge on any atom is 0.364 e. The van der Waals surface area contributed by atoms with E-state index in [1.165, 1.54) is 25.7 Å². The predicted octanol–water partition coefficient (Wildman–Crippen LogP) is -15.9. The fourth-order valence-electron chi connectivity index (χ4n) is 19.6. The molecule has 0 saturated carbocycles. The van der Waals surface area contributed by atoms with Gasteiger partial charge in [-0.25, -0.2) is 19.2 Å². The van der Waals surface area contributed by atoms with Gasteiger partial charge in [-0.15, -0.1) is 0 Å². The number of unbranched alkanes of at least 4 members (excludes halogenated alkanes) is 12. The van der Waals surface area contributed by atoms with E-state index in [1.807, 2.05) is 0 Å². The largest absolute Gasteiger partial charge is 0.477 e. The molecule has 0 spiro atoms. The molecule has 0 bridgehead atoms. The van der Waals surface area contributed by atoms with E-state index in [9.17, 15) is 196 Å². The predicted molar refractivity (Wildman–Crippen MR) is 484 cm³/mol. The van der Waals surface area contributed by atoms with Gasteiger partial charge in [0.05, 0.1) is 120 Å². The average Bonchev–Trinajstić information content (AvgIpc) is 0.747. The third kappa shape index (κ3) is 31.6. The van der Waals surface area contributed by atoms with Gasteiger partial charge in [0.2, 0.25) is 35.9 Å². The Kier molecular flexibility index (Phi) is 49.9. The highest BCUT2D eigenvalue weighted by atomic mass is 16.8. The molecule has 8 fully saturated rings. The highest BCUT2D eigenvalue weighted by Gasteiger charge is 2.68. The zero-order valence-corrected chi connectivity index (χ0v) is 83.0. The zero-order valence-electron chi connectivity index (χ0n) is 83.0. The summed E-state index contributed by atoms with van der Waals surface area (Å²) >= 11 is 0. The molecule has 150 heavy (non-hydrogen) atoms. The molecule has 8 aliphatic heterocycles. The van der Waals surface area contributed by atoms with Crippen LogP contribution in [0.5, 0.6) is 0 Å². The van der Waals surface area contributed by atoms with Crippen molar-refractivity contribution in [3.8, 4) is 0 Å². The summed E-state index contributed by atoms with van der Waals surface area (Å²) < 4.78 is 95.4. The van der Waals surface area contributed by atoms with Gasteiger partial charge in [-0.2, -0.15) is 0 Å². The Balaban J connectivity index is 1.17. The van der Waals surface area contributed by atoms with Crippen LogP contribution in [0.25, 0.3) is 0 Å². The number of ether oxygens (including phenoxy) is 16. The fraction of sp³-hybridized carbons (Fsp3) is 0.888. The molecule has 8 aliphatic rings. The molecular formula is C89H150N6O55. The van der Waals surface area contributed by atoms with Crippen LogP contribution < -0.4 is 31.9 Å². The van der Waals surface area contributed by atoms with Crippen LogP contribution in [0.3, 0.4) is 0 Å². The van der Waals surface area contributed by atoms with Crippen molar-refractivity contribution < 1.29 is 272 Å². The zero-order chi connectivity index (χ0) is 112. The first-order valence-electron chi connectivity index (χ1n) is 49.3. The lowest BCUT2D eigenvalue weighted by Gasteiger charge is -2.53. The van der Waals surface area contributed by atoms with Gasteiger partial charge in [-0.05, 0) is 6.42 Å². The molecule has 0 aromatic heterocycles. The Morgan fingerprint density at radius 2 is 0.653 bits per heavy atom. The molecule has 0 unspecified atom stereocenters. The number of rotatable bonds is 59. The van der Waals surface area contributed by atoms with E-state index in [0.29, 0.717) is 12.8 Å². The van der Waals surface area contributed by atoms with Gasteiger partial charge >= 0.3 is 23.9 Å². The van der Waals surface area contributed by atoms with Crippen molar-refractivity contribution in [3.63, 3.8) is 0 Å². The van der Waals surface area contributed by atoms with Gasteiger partial charge in [0, 0.05) is 60.3 Å². The summed E-state index contributed by atoms with van der Waals surface area (Å²) in [6.45, 7) is -5.85. The highest BCUT2D eigenvalue weighted by Crippen LogP contribution is 2.46. The molecule has 6 amide bonds. The number of nitrogens with one attached hydrogen (secondary N) is 6. The monoisotopic (exact) mass is 2180 g/mol. The van der Waals surface area contributed by atoms with E-state index in [-0.39, 0.29) is 12.8 Å². The van der Waals surface area contributed by atoms with Crippen LogP contribution in [-0.2, 0) is 124 Å². The van der Waals surface area contributed by atoms with Crippen LogP contribution in [0.15, 0.2) is 0 Å². The van der Waals surface area contributed by atoms with Gasteiger partial charge in [0.25, 0.3) is 23.1 Å². The first kappa shape index (κ1) is 128. The van der Waals surface area contributed by atoms with Crippen LogP contribution in [0, 0.1) is 0 Å². The fourth-order valence-corrected chi connectivity index (χ4v) is 19.6. The number of amides is 6. The standard InChI is InChI=1S/C89H150N6O55/c1-7-8-9-10-11-12-13-14-15-16-17-18-19-20-41(110)40(90-34-104)33-135-79-66(124)65(123)69(52(31-102)138-79)140-81-68(126)77(150-89(85(133)134)24-45(114)57(94-38(5)108)75(148-89)64(122)51(30-101)144-87(83(129)130)22-43(112)55(92-36(3)106)73(146-87)60(118)47(116)26-97)70(53(32-103)139-81)141-78-58(95-39(6)109)71(61(119)48(27-98)136-78)142-80-67(125)76(62(120)49(28-99)137-80)149-88(84(131)132)23-44(113)56(93-37(4)107)74(147-88)63(121)50(29-100)143-86(82(127)128)21-42(111)54(91-35(2)105)72(145-86)59(117)46(115)25-96/h34,40-81,96-103,110-126H,7-33H2,1-6H3,(H,90,104)(H,91,105)(H,92,106)(H,93,107)(H,94,108)(H,95,109)(H,127,128)(H,129,130)(H,131,132)(H,133,134)/t40-,41+,42-,43-,44-,45-,46+,47+,48+,49+,50+,51+,52+,53+,54+,55+,56+,57+,58+,59+,60+,61-,62-,63+,64+,65+,66+,67+,68+,69+,70-,71+,72+,73+,74+,75+,76-,77+,78-,79+,80-,81-,86+,87+,88-,89-/m0/s1. The summed E-state index contributed by atoms with van der Waals surface area (Å²) in [5.74, 6) is -29.3. The number of carbonyl (C=O) groups is 10. The molecule has 0 aromatic carbocycles. The van der Waals surface area contributed by atoms with Crippen molar-refractivity contribution in [2.75, 3.05) is 59.5 Å². The van der Waals surface area contributed by atoms with Gasteiger partial charge in [-0.3, -0.25) is 28.8 Å². The quantitative estimate of drug-likeness (QED) is 0.0199. The van der Waals surface area contributed by atoms with E-state index in [2.05, 4.69) is 38.8 Å². The number of carbonyl (C=O) groups excluding carboxylic acids is 6. The van der Waals surface area contributed by atoms with Gasteiger partial charge in [-0.1, -0.05) is 90.4 Å². The minimum absolute atomic E-state index is 0.137. The van der Waals surface area contributed by atoms with Crippen molar-refractivity contribution in [1.82, 2.24) is 31.9 Å². The topological polar surface area (TPSA) is 977 Å². The van der Waals surface area contributed by atoms with Crippen molar-refractivity contribution in [1.29, 1.82) is 0 Å². The van der Waals surface area contributed by atoms with Gasteiger partial charge in [0.1, 0.15) is 171 Å². The molecule has 46 atom stereocenters. The maximum atomic E-state index is 14.6. The highest BCUT2D eigenvalue weighted by molar-refractivity contribution is 5.79. The smallest absolute Gasteiger partial charge is 0.364 e. The van der Waals surface area contributed by atoms with E-state index >= 15 is 0 Å². The molecule has 0 radical (unpaired) electrons. The number of hydrogen-bond acceptors (Lipinski definition) is 51. The van der Waals surface area contributed by atoms with E-state index in [4.69, 9.17) is 75.8 Å². The average molecular weight is 2180 g/mol. The summed E-state index contributed by atoms with van der Waals surface area (Å²) in [5, 5.41) is 345. The number of carboxylic acids is 4. The molecule has 61 nitrogen and oxygen atoms in total. The lowest BCUT2D eigenvalue weighted by atomic mass is 9.87. The Bertz CT molecular complexity index is 4230. The molecule has 35 N–H and O–H groups in total. The number of aliphatic hydroxyl groups excluding tert-OH is 25. The second-order valence-corrected chi connectivity index (χ2v) is 38.6. The van der Waals surface area contributed by atoms with Crippen LogP contribution in [0.2, 0.25) is 0 Å². The Morgan fingerprint density at radius 1 is 0.340 bits per heavy atom. The van der Waals surface area contributed by atoms with Gasteiger partial charge < -0.3 is 256 Å². The normalized spacial score (nSPS) is 38.4. The molecule has 8 heterocycles. The molecule has 61 heteroatoms. The van der Waals surface area contributed by atoms with E-state index in [0.717, 1.165) is 79.6 Å². The first-order chi connectivity index (χ1) is 70.8. The summed E-state index contributed by atoms with van der Waals surface area (Å²) in [5.41, 5.74) is 0. The third-order valence-electron chi connectivity index (χ3n) is 27.4. The van der Waals surface area contributed by atoms with Crippen LogP contribution in [0.4, 0.5) is 0 Å². The van der Waals surface area contributed by atoms with E-state index < -0.39 is 418 Å². The SMILES string of the molecule is CCCCCCCCCCCCCCC[C@@H](O)[C@H](CO[C@@H]1O[C@H](CO)[C@@H](O[C@@H]2O[C@H](CO)[C@H](O[C@@H]3O[C@H](CO)[C@H](O)[C@H](O[C@@H]4O[C@H](CO)[C@H](O)[C@H](O[C@]5(C(=O)O)C[C@H](O)[C@@H](NC(C)=O)[C@H]([C@H](O)[C@@H](CO)O[C@]6(C(=O)O)C[C@H](O)[C@@H](NC(C)=O)[C@H]([C@H](O)[C@H](O)CO)O6)O5)[C@H]4O)[C@H]3NC(C)=O)[C@H](O[C@]3(C(=O)O)C[C@H](O)[C@@H](NC(C)=O)[C@H]([C@H](O)[C@@H](CO)O[C@]4(C(=O)O)C[C@H](O)[C@@H](NC(C)=O)[C@H]([C@H](O)[C@H](O)CO)O4)O3)[C@H]2O)[C@H](O)[C@H]1O)NC=O. The minimum atomic E-state index is -3.87. The van der Waals surface area contributed by atoms with Crippen LogP contribution in [-0.4, -0.2) is 547 Å². The van der Waals surface area contributed by atoms with Crippen molar-refractivity contribution in [2.45, 2.75) is 437 Å². The Hall–Kier alpha value is -6.94. The summed E-state index contributed by atoms with van der Waals surface area (Å²) in [4.78, 5) is 132. The number of carboxylic acid groups (broad SMARTS) is 4. The molecular weight excluding hydrogens is 2030 g/mol. The first-order valence-corrected chi connectivity index (χ1v) is 49.3. The summed E-state index contributed by atoms with van der Waals surface area (Å²) in [6, 6.07) is -11.7. The summed E-state index contributed by atoms with van der Waals surface area (Å²) in [6.07, 6.45) is -80.7. The lowest BCUT2D eigenvalue weighted by Crippen LogP contribution is -2.73. The lowest BCUT2D eigenvalue weighted by molar-refractivity contribution is -0.406. The molecule has 8 saturated heterocycles. The summed E-state index contributed by atoms with van der Waals surface area (Å²) in [7, 11) is 0. The second-order valence-electron chi connectivity index (χ2n) is 38.6. The second kappa shape index (κ2) is 58.4. The van der Waals surface area contributed by atoms with Crippen molar-refractivity contribution >= 4 is 59.8 Å². The molecule has 0 aliphatic carbocycles. The van der Waals surface area contributed by atoms with Gasteiger partial charge in [0.15, 0.2) is 25.2 Å². The van der Waals surface area contributed by atoms with Crippen molar-refractivity contribution in [3.05, 3.63) is 0 Å². The Labute approximate surface area is 857 Å². The maximum absolute atomic E-state index is 14.6. The Morgan fingerprint density at radius 3 is 1.02 bits per heavy atom. The van der Waals surface area contributed by atoms with E-state index in [1.54, 1.807) is 0 Å². The number of aliphatic carboxylic acids is 4. The molecule has 0 aromatic rings. The third-order valence-corrected chi connectivity index (χ3v) is 27.4. The molecule has 8 rings (SSSR count). The molecule has 866 valence electrons. The minimum Gasteiger partial charge on any atom is -0.477 e.